The van der Waals surface area contributed by atoms with E-state index in [1.165, 1.54) is 4.68 Å². The van der Waals surface area contributed by atoms with Crippen molar-refractivity contribution in [2.24, 2.45) is 0 Å². The minimum atomic E-state index is -4.44. The molecule has 0 aliphatic rings. The lowest BCUT2D eigenvalue weighted by Gasteiger charge is -2.09. The molecule has 0 fully saturated rings. The number of rotatable bonds is 4. The van der Waals surface area contributed by atoms with Gasteiger partial charge in [-0.05, 0) is 71.8 Å². The number of carbonyl (C=O) groups is 1. The largest absolute Gasteiger partial charge is 0.416 e. The number of nitrogens with one attached hydrogen (secondary N) is 1. The van der Waals surface area contributed by atoms with Crippen molar-refractivity contribution in [2.45, 2.75) is 26.6 Å². The number of tetrazole rings is 1. The molecule has 0 saturated heterocycles. The number of carbonyl (C=O) groups excluding carboxylic acids is 1. The van der Waals surface area contributed by atoms with Gasteiger partial charge in [-0.25, -0.2) is 0 Å². The van der Waals surface area contributed by atoms with Gasteiger partial charge in [0, 0.05) is 5.56 Å². The summed E-state index contributed by atoms with van der Waals surface area (Å²) in [4.78, 5) is 12.2. The van der Waals surface area contributed by atoms with Crippen molar-refractivity contribution in [3.05, 3.63) is 70.5 Å². The van der Waals surface area contributed by atoms with E-state index in [1.807, 2.05) is 32.0 Å². The predicted octanol–water partition coefficient (Wildman–Crippen LogP) is 3.23. The zero-order valence-corrected chi connectivity index (χ0v) is 14.6. The van der Waals surface area contributed by atoms with Crippen molar-refractivity contribution >= 4 is 5.91 Å². The van der Waals surface area contributed by atoms with E-state index in [0.717, 1.165) is 41.1 Å². The average Bonchev–Trinajstić information content (AvgIpc) is 3.10. The molecule has 0 radical (unpaired) electrons. The summed E-state index contributed by atoms with van der Waals surface area (Å²) in [6.45, 7) is 3.99. The van der Waals surface area contributed by atoms with E-state index in [9.17, 15) is 18.0 Å². The summed E-state index contributed by atoms with van der Waals surface area (Å²) in [6.07, 6.45) is -4.44. The van der Waals surface area contributed by atoms with Gasteiger partial charge in [0.1, 0.15) is 0 Å². The fraction of sp³-hybridized carbons (Fsp3) is 0.222. The van der Waals surface area contributed by atoms with E-state index in [1.54, 1.807) is 0 Å². The Balaban J connectivity index is 1.71. The number of hydrogen-bond acceptors (Lipinski definition) is 4. The smallest absolute Gasteiger partial charge is 0.345 e. The zero-order valence-electron chi connectivity index (χ0n) is 14.6. The highest BCUT2D eigenvalue weighted by atomic mass is 19.4. The maximum atomic E-state index is 12.6. The number of nitrogens with zero attached hydrogens (tertiary/aromatic N) is 4. The Morgan fingerprint density at radius 3 is 2.41 bits per heavy atom. The van der Waals surface area contributed by atoms with Crippen LogP contribution >= 0.6 is 0 Å². The summed E-state index contributed by atoms with van der Waals surface area (Å²) in [7, 11) is 0. The molecule has 0 aliphatic heterocycles. The zero-order chi connectivity index (χ0) is 19.6. The Bertz CT molecular complexity index is 964. The molecule has 0 saturated carbocycles. The molecule has 3 aromatic rings. The van der Waals surface area contributed by atoms with Gasteiger partial charge in [0.05, 0.1) is 17.8 Å². The van der Waals surface area contributed by atoms with Crippen LogP contribution in [0.3, 0.4) is 0 Å². The third-order valence-corrected chi connectivity index (χ3v) is 4.15. The van der Waals surface area contributed by atoms with Crippen molar-refractivity contribution in [2.75, 3.05) is 0 Å². The van der Waals surface area contributed by atoms with Crippen LogP contribution < -0.4 is 5.32 Å². The normalized spacial score (nSPS) is 11.4. The van der Waals surface area contributed by atoms with Gasteiger partial charge in [0.15, 0.2) is 5.82 Å². The van der Waals surface area contributed by atoms with Crippen LogP contribution in [0.1, 0.15) is 32.9 Å². The second kappa shape index (κ2) is 7.18. The van der Waals surface area contributed by atoms with E-state index < -0.39 is 17.6 Å². The van der Waals surface area contributed by atoms with Crippen LogP contribution in [-0.2, 0) is 12.7 Å². The lowest BCUT2D eigenvalue weighted by molar-refractivity contribution is -0.137. The quantitative estimate of drug-likeness (QED) is 0.760. The first-order valence-corrected chi connectivity index (χ1v) is 8.06. The third-order valence-electron chi connectivity index (χ3n) is 4.15. The number of hydrogen-bond donors (Lipinski definition) is 1. The molecule has 140 valence electrons. The van der Waals surface area contributed by atoms with Crippen molar-refractivity contribution in [3.63, 3.8) is 0 Å². The number of benzene rings is 2. The van der Waals surface area contributed by atoms with Crippen LogP contribution in [0, 0.1) is 13.8 Å². The van der Waals surface area contributed by atoms with Gasteiger partial charge in [-0.2, -0.15) is 17.9 Å². The first-order chi connectivity index (χ1) is 12.8. The predicted molar refractivity (Wildman–Crippen MR) is 91.2 cm³/mol. The first kappa shape index (κ1) is 18.6. The summed E-state index contributed by atoms with van der Waals surface area (Å²) in [5.41, 5.74) is 2.26. The van der Waals surface area contributed by atoms with Gasteiger partial charge in [0.2, 0.25) is 0 Å². The van der Waals surface area contributed by atoms with Crippen LogP contribution in [-0.4, -0.2) is 26.1 Å². The van der Waals surface area contributed by atoms with E-state index in [0.29, 0.717) is 5.82 Å². The van der Waals surface area contributed by atoms with Gasteiger partial charge in [-0.15, -0.1) is 5.10 Å². The van der Waals surface area contributed by atoms with E-state index in [2.05, 4.69) is 20.8 Å². The molecule has 1 amide bonds. The topological polar surface area (TPSA) is 72.7 Å². The molecular formula is C18H16F3N5O. The molecule has 27 heavy (non-hydrogen) atoms. The molecule has 3 rings (SSSR count). The average molecular weight is 375 g/mol. The third kappa shape index (κ3) is 4.13. The van der Waals surface area contributed by atoms with Gasteiger partial charge in [0.25, 0.3) is 5.91 Å². The lowest BCUT2D eigenvalue weighted by atomic mass is 10.1. The maximum Gasteiger partial charge on any atom is 0.416 e. The summed E-state index contributed by atoms with van der Waals surface area (Å²) >= 11 is 0. The fourth-order valence-electron chi connectivity index (χ4n) is 2.45. The molecule has 1 heterocycles. The summed E-state index contributed by atoms with van der Waals surface area (Å²) < 4.78 is 39.3. The molecule has 1 aromatic heterocycles. The number of aryl methyl sites for hydroxylation is 2. The number of halogens is 3. The Hall–Kier alpha value is -3.23. The molecule has 2 aromatic carbocycles. The van der Waals surface area contributed by atoms with Gasteiger partial charge < -0.3 is 5.32 Å². The van der Waals surface area contributed by atoms with Crippen LogP contribution in [0.25, 0.3) is 5.69 Å². The van der Waals surface area contributed by atoms with Crippen molar-refractivity contribution in [1.29, 1.82) is 0 Å². The van der Waals surface area contributed by atoms with E-state index >= 15 is 0 Å². The first-order valence-electron chi connectivity index (χ1n) is 8.06. The van der Waals surface area contributed by atoms with E-state index in [-0.39, 0.29) is 12.1 Å². The monoisotopic (exact) mass is 375 g/mol. The van der Waals surface area contributed by atoms with Crippen molar-refractivity contribution < 1.29 is 18.0 Å². The molecule has 0 bridgehead atoms. The number of aromatic nitrogens is 4. The standard InChI is InChI=1S/C18H16F3N5O/c1-11-3-8-15(9-12(11)2)26-16(23-24-25-26)10-22-17(27)13-4-6-14(7-5-13)18(19,20)21/h3-9H,10H2,1-2H3,(H,22,27). The van der Waals surface area contributed by atoms with Crippen molar-refractivity contribution in [3.8, 4) is 5.69 Å². The molecule has 0 aliphatic carbocycles. The Kier molecular flexibility index (Phi) is 4.93. The Labute approximate surface area is 153 Å². The highest BCUT2D eigenvalue weighted by molar-refractivity contribution is 5.94. The molecule has 0 atom stereocenters. The molecular weight excluding hydrogens is 359 g/mol. The van der Waals surface area contributed by atoms with Crippen LogP contribution in [0.5, 0.6) is 0 Å². The second-order valence-corrected chi connectivity index (χ2v) is 6.03. The van der Waals surface area contributed by atoms with Crippen LogP contribution in [0.4, 0.5) is 13.2 Å². The molecule has 0 spiro atoms. The summed E-state index contributed by atoms with van der Waals surface area (Å²) in [6, 6.07) is 9.72. The second-order valence-electron chi connectivity index (χ2n) is 6.03. The maximum absolute atomic E-state index is 12.6. The van der Waals surface area contributed by atoms with Crippen LogP contribution in [0.2, 0.25) is 0 Å². The highest BCUT2D eigenvalue weighted by Gasteiger charge is 2.30. The minimum absolute atomic E-state index is 0.0276. The minimum Gasteiger partial charge on any atom is -0.345 e. The molecule has 0 unspecified atom stereocenters. The lowest BCUT2D eigenvalue weighted by Crippen LogP contribution is -2.25. The molecule has 9 heteroatoms. The summed E-state index contributed by atoms with van der Waals surface area (Å²) in [5.74, 6) is -0.114. The van der Waals surface area contributed by atoms with Gasteiger partial charge in [-0.3, -0.25) is 4.79 Å². The van der Waals surface area contributed by atoms with Gasteiger partial charge in [-0.1, -0.05) is 6.07 Å². The number of alkyl halides is 3. The fourth-order valence-corrected chi connectivity index (χ4v) is 2.45. The Morgan fingerprint density at radius 2 is 1.78 bits per heavy atom. The van der Waals surface area contributed by atoms with E-state index in [4.69, 9.17) is 0 Å². The highest BCUT2D eigenvalue weighted by Crippen LogP contribution is 2.29. The SMILES string of the molecule is Cc1ccc(-n2nnnc2CNC(=O)c2ccc(C(F)(F)F)cc2)cc1C. The molecule has 6 nitrogen and oxygen atoms in total. The van der Waals surface area contributed by atoms with Gasteiger partial charge >= 0.3 is 6.18 Å². The van der Waals surface area contributed by atoms with Crippen LogP contribution in [0.15, 0.2) is 42.5 Å². The number of amides is 1. The molecule has 1 N–H and O–H groups in total. The van der Waals surface area contributed by atoms with Crippen molar-refractivity contribution in [1.82, 2.24) is 25.5 Å². The Morgan fingerprint density at radius 1 is 1.07 bits per heavy atom. The summed E-state index contributed by atoms with van der Waals surface area (Å²) in [5, 5.41) is 14.1.